The number of halogens is 1. The van der Waals surface area contributed by atoms with E-state index in [1.54, 1.807) is 0 Å². The Balaban J connectivity index is 1.91. The minimum atomic E-state index is -1.00. The molecule has 0 aromatic heterocycles. The number of ether oxygens (including phenoxy) is 1. The molecule has 0 bridgehead atoms. The molecule has 5 nitrogen and oxygen atoms in total. The van der Waals surface area contributed by atoms with E-state index in [0.29, 0.717) is 30.8 Å². The van der Waals surface area contributed by atoms with Gasteiger partial charge in [-0.15, -0.1) is 0 Å². The van der Waals surface area contributed by atoms with Crippen LogP contribution in [-0.2, 0) is 16.1 Å². The molecule has 1 aromatic carbocycles. The van der Waals surface area contributed by atoms with Gasteiger partial charge in [-0.2, -0.15) is 5.26 Å². The Morgan fingerprint density at radius 2 is 2.30 bits per heavy atom. The van der Waals surface area contributed by atoms with Crippen LogP contribution in [0.1, 0.15) is 18.1 Å². The van der Waals surface area contributed by atoms with Crippen molar-refractivity contribution in [3.05, 3.63) is 35.1 Å². The normalized spacial score (nSPS) is 17.2. The van der Waals surface area contributed by atoms with Crippen LogP contribution in [0.15, 0.2) is 18.2 Å². The summed E-state index contributed by atoms with van der Waals surface area (Å²) in [6, 6.07) is 6.23. The minimum Gasteiger partial charge on any atom is -0.480 e. The summed E-state index contributed by atoms with van der Waals surface area (Å²) >= 11 is 0. The highest BCUT2D eigenvalue weighted by Crippen LogP contribution is 2.27. The Morgan fingerprint density at radius 3 is 2.90 bits per heavy atom. The maximum absolute atomic E-state index is 13.6. The Morgan fingerprint density at radius 1 is 1.60 bits per heavy atom. The van der Waals surface area contributed by atoms with Crippen LogP contribution in [0, 0.1) is 17.1 Å². The molecule has 1 N–H and O–H groups in total. The zero-order valence-electron chi connectivity index (χ0n) is 11.1. The molecule has 0 atom stereocenters. The van der Waals surface area contributed by atoms with Crippen LogP contribution >= 0.6 is 0 Å². The van der Waals surface area contributed by atoms with Crippen molar-refractivity contribution in [1.29, 1.82) is 5.26 Å². The fourth-order valence-electron chi connectivity index (χ4n) is 2.35. The van der Waals surface area contributed by atoms with Gasteiger partial charge in [0.15, 0.2) is 0 Å². The van der Waals surface area contributed by atoms with E-state index in [2.05, 4.69) is 0 Å². The van der Waals surface area contributed by atoms with Crippen LogP contribution in [0.2, 0.25) is 0 Å². The predicted octanol–water partition coefficient (Wildman–Crippen LogP) is 1.37. The molecule has 1 heterocycles. The molecule has 1 saturated heterocycles. The highest BCUT2D eigenvalue weighted by Gasteiger charge is 2.40. The van der Waals surface area contributed by atoms with Gasteiger partial charge in [-0.25, -0.2) is 9.18 Å². The molecule has 20 heavy (non-hydrogen) atoms. The lowest BCUT2D eigenvalue weighted by molar-refractivity contribution is -0.165. The van der Waals surface area contributed by atoms with E-state index in [0.717, 1.165) is 0 Å². The molecule has 1 fully saturated rings. The second kappa shape index (κ2) is 5.57. The van der Waals surface area contributed by atoms with Crippen molar-refractivity contribution in [1.82, 2.24) is 4.90 Å². The number of benzene rings is 1. The molecular weight excluding hydrogens is 263 g/mol. The van der Waals surface area contributed by atoms with Crippen LogP contribution in [0.4, 0.5) is 4.39 Å². The van der Waals surface area contributed by atoms with Crippen LogP contribution in [0.3, 0.4) is 0 Å². The van der Waals surface area contributed by atoms with Crippen molar-refractivity contribution in [3.8, 4) is 6.07 Å². The number of carboxylic acids is 1. The number of aliphatic carboxylic acids is 1. The SMILES string of the molecule is CC1(OCC(=O)O)CN(Cc2cc(C#N)ccc2F)C1. The van der Waals surface area contributed by atoms with Crippen molar-refractivity contribution >= 4 is 5.97 Å². The third-order valence-corrected chi connectivity index (χ3v) is 3.23. The molecule has 0 radical (unpaired) electrons. The lowest BCUT2D eigenvalue weighted by atomic mass is 9.95. The van der Waals surface area contributed by atoms with Gasteiger partial charge < -0.3 is 9.84 Å². The highest BCUT2D eigenvalue weighted by atomic mass is 19.1. The van der Waals surface area contributed by atoms with E-state index in [-0.39, 0.29) is 12.4 Å². The summed E-state index contributed by atoms with van der Waals surface area (Å²) in [5, 5.41) is 17.4. The van der Waals surface area contributed by atoms with Gasteiger partial charge in [0, 0.05) is 25.2 Å². The van der Waals surface area contributed by atoms with Crippen molar-refractivity contribution < 1.29 is 19.0 Å². The van der Waals surface area contributed by atoms with E-state index < -0.39 is 11.6 Å². The van der Waals surface area contributed by atoms with Gasteiger partial charge in [0.2, 0.25) is 0 Å². The number of carboxylic acid groups (broad SMARTS) is 1. The molecule has 0 amide bonds. The van der Waals surface area contributed by atoms with E-state index in [1.807, 2.05) is 17.9 Å². The second-order valence-electron chi connectivity index (χ2n) is 5.20. The van der Waals surface area contributed by atoms with Gasteiger partial charge in [0.25, 0.3) is 0 Å². The zero-order chi connectivity index (χ0) is 14.8. The number of rotatable bonds is 5. The van der Waals surface area contributed by atoms with Crippen LogP contribution in [-0.4, -0.2) is 41.3 Å². The monoisotopic (exact) mass is 278 g/mol. The molecule has 2 rings (SSSR count). The van der Waals surface area contributed by atoms with Gasteiger partial charge in [-0.3, -0.25) is 4.90 Å². The molecule has 0 unspecified atom stereocenters. The van der Waals surface area contributed by atoms with E-state index in [4.69, 9.17) is 15.1 Å². The summed E-state index contributed by atoms with van der Waals surface area (Å²) < 4.78 is 18.9. The largest absolute Gasteiger partial charge is 0.480 e. The molecule has 1 aliphatic heterocycles. The molecule has 6 heteroatoms. The van der Waals surface area contributed by atoms with Gasteiger partial charge in [0.05, 0.1) is 17.2 Å². The Kier molecular flexibility index (Phi) is 4.02. The number of hydrogen-bond donors (Lipinski definition) is 1. The van der Waals surface area contributed by atoms with Crippen molar-refractivity contribution in [2.45, 2.75) is 19.1 Å². The summed E-state index contributed by atoms with van der Waals surface area (Å²) in [5.41, 5.74) is 0.387. The summed E-state index contributed by atoms with van der Waals surface area (Å²) in [7, 11) is 0. The smallest absolute Gasteiger partial charge is 0.329 e. The van der Waals surface area contributed by atoms with Crippen molar-refractivity contribution in [2.24, 2.45) is 0 Å². The Hall–Kier alpha value is -1.97. The molecule has 1 aromatic rings. The first-order valence-corrected chi connectivity index (χ1v) is 6.18. The summed E-state index contributed by atoms with van der Waals surface area (Å²) in [4.78, 5) is 12.4. The number of likely N-dealkylation sites (tertiary alicyclic amines) is 1. The maximum atomic E-state index is 13.6. The third-order valence-electron chi connectivity index (χ3n) is 3.23. The first-order chi connectivity index (χ1) is 9.42. The number of nitrogens with zero attached hydrogens (tertiary/aromatic N) is 2. The van der Waals surface area contributed by atoms with Gasteiger partial charge >= 0.3 is 5.97 Å². The van der Waals surface area contributed by atoms with E-state index >= 15 is 0 Å². The second-order valence-corrected chi connectivity index (χ2v) is 5.20. The van der Waals surface area contributed by atoms with Crippen LogP contribution in [0.25, 0.3) is 0 Å². The lowest BCUT2D eigenvalue weighted by Gasteiger charge is -2.47. The molecule has 0 aliphatic carbocycles. The fourth-order valence-corrected chi connectivity index (χ4v) is 2.35. The topological polar surface area (TPSA) is 73.6 Å². The quantitative estimate of drug-likeness (QED) is 0.880. The Labute approximate surface area is 116 Å². The number of nitriles is 1. The summed E-state index contributed by atoms with van der Waals surface area (Å²) in [6.07, 6.45) is 0. The lowest BCUT2D eigenvalue weighted by Crippen LogP contribution is -2.61. The van der Waals surface area contributed by atoms with Gasteiger partial charge in [0.1, 0.15) is 12.4 Å². The van der Waals surface area contributed by atoms with Crippen molar-refractivity contribution in [2.75, 3.05) is 19.7 Å². The highest BCUT2D eigenvalue weighted by molar-refractivity contribution is 5.68. The molecule has 106 valence electrons. The zero-order valence-corrected chi connectivity index (χ0v) is 11.1. The minimum absolute atomic E-state index is 0.331. The van der Waals surface area contributed by atoms with Gasteiger partial charge in [-0.1, -0.05) is 0 Å². The predicted molar refractivity (Wildman–Crippen MR) is 68.4 cm³/mol. The summed E-state index contributed by atoms with van der Waals surface area (Å²) in [5.74, 6) is -1.35. The Bertz CT molecular complexity index is 562. The van der Waals surface area contributed by atoms with E-state index in [9.17, 15) is 9.18 Å². The number of hydrogen-bond acceptors (Lipinski definition) is 4. The van der Waals surface area contributed by atoms with Crippen LogP contribution in [0.5, 0.6) is 0 Å². The summed E-state index contributed by atoms with van der Waals surface area (Å²) in [6.45, 7) is 2.96. The molecule has 0 saturated carbocycles. The first-order valence-electron chi connectivity index (χ1n) is 6.18. The average Bonchev–Trinajstić information content (AvgIpc) is 2.37. The standard InChI is InChI=1S/C14H15FN2O3/c1-14(20-7-13(18)19)8-17(9-14)6-11-4-10(5-16)2-3-12(11)15/h2-4H,6-9H2,1H3,(H,18,19). The molecule has 0 spiro atoms. The first kappa shape index (κ1) is 14.4. The average molecular weight is 278 g/mol. The third kappa shape index (κ3) is 3.32. The van der Waals surface area contributed by atoms with E-state index in [1.165, 1.54) is 18.2 Å². The van der Waals surface area contributed by atoms with Gasteiger partial charge in [-0.05, 0) is 25.1 Å². The van der Waals surface area contributed by atoms with Crippen molar-refractivity contribution in [3.63, 3.8) is 0 Å². The fraction of sp³-hybridized carbons (Fsp3) is 0.429. The molecular formula is C14H15FN2O3. The number of carbonyl (C=O) groups is 1. The molecule has 1 aliphatic rings. The van der Waals surface area contributed by atoms with Crippen LogP contribution < -0.4 is 0 Å². The maximum Gasteiger partial charge on any atom is 0.329 e.